The number of nitrogens with zero attached hydrogens (tertiary/aromatic N) is 1. The lowest BCUT2D eigenvalue weighted by molar-refractivity contribution is -0.118. The summed E-state index contributed by atoms with van der Waals surface area (Å²) >= 11 is 0. The number of hydrogen-bond donors (Lipinski definition) is 0. The Morgan fingerprint density at radius 1 is 0.343 bits per heavy atom. The molecule has 0 aromatic heterocycles. The van der Waals surface area contributed by atoms with Crippen LogP contribution in [0.1, 0.15) is 194 Å². The van der Waals surface area contributed by atoms with Crippen molar-refractivity contribution in [3.05, 3.63) is 0 Å². The standard InChI is InChI=1S/C33H67NO/c1-3-5-7-9-11-13-15-16-17-18-19-20-21-22-24-26-28-30-32-34(33-35)31-29-27-25-23-14-12-10-8-6-4-2/h33H,3-32H2,1-2H3. The lowest BCUT2D eigenvalue weighted by Crippen LogP contribution is -2.24. The number of amides is 1. The zero-order valence-corrected chi connectivity index (χ0v) is 24.6. The second-order valence-electron chi connectivity index (χ2n) is 11.3. The van der Waals surface area contributed by atoms with Gasteiger partial charge < -0.3 is 4.90 Å². The number of unbranched alkanes of at least 4 members (excludes halogenated alkanes) is 26. The molecule has 0 aliphatic carbocycles. The zero-order chi connectivity index (χ0) is 25.5. The van der Waals surface area contributed by atoms with Crippen LogP contribution >= 0.6 is 0 Å². The van der Waals surface area contributed by atoms with E-state index in [0.717, 1.165) is 19.5 Å². The molecular formula is C33H67NO. The average Bonchev–Trinajstić information content (AvgIpc) is 2.87. The van der Waals surface area contributed by atoms with Gasteiger partial charge in [-0.25, -0.2) is 0 Å². The highest BCUT2D eigenvalue weighted by Crippen LogP contribution is 2.15. The van der Waals surface area contributed by atoms with Crippen LogP contribution in [0.4, 0.5) is 0 Å². The van der Waals surface area contributed by atoms with Crippen LogP contribution in [-0.4, -0.2) is 24.4 Å². The Balaban J connectivity index is 3.24. The lowest BCUT2D eigenvalue weighted by atomic mass is 10.0. The third kappa shape index (κ3) is 29.6. The van der Waals surface area contributed by atoms with Crippen LogP contribution in [0.25, 0.3) is 0 Å². The summed E-state index contributed by atoms with van der Waals surface area (Å²) in [7, 11) is 0. The Bertz CT molecular complexity index is 383. The van der Waals surface area contributed by atoms with E-state index in [4.69, 9.17) is 0 Å². The smallest absolute Gasteiger partial charge is 0.209 e. The summed E-state index contributed by atoms with van der Waals surface area (Å²) in [6, 6.07) is 0. The molecule has 0 radical (unpaired) electrons. The maximum atomic E-state index is 11.3. The molecule has 0 spiro atoms. The molecule has 1 amide bonds. The van der Waals surface area contributed by atoms with E-state index < -0.39 is 0 Å². The van der Waals surface area contributed by atoms with Crippen LogP contribution < -0.4 is 0 Å². The quantitative estimate of drug-likeness (QED) is 0.0694. The molecule has 35 heavy (non-hydrogen) atoms. The fourth-order valence-electron chi connectivity index (χ4n) is 5.24. The van der Waals surface area contributed by atoms with Crippen LogP contribution in [0.15, 0.2) is 0 Å². The van der Waals surface area contributed by atoms with E-state index in [1.807, 2.05) is 4.90 Å². The fourth-order valence-corrected chi connectivity index (χ4v) is 5.24. The van der Waals surface area contributed by atoms with Crippen LogP contribution in [-0.2, 0) is 4.79 Å². The number of hydrogen-bond acceptors (Lipinski definition) is 1. The molecular weight excluding hydrogens is 426 g/mol. The van der Waals surface area contributed by atoms with Crippen molar-refractivity contribution in [3.63, 3.8) is 0 Å². The molecule has 0 aromatic rings. The maximum Gasteiger partial charge on any atom is 0.209 e. The van der Waals surface area contributed by atoms with Crippen molar-refractivity contribution >= 4 is 6.41 Å². The molecule has 0 aromatic carbocycles. The molecule has 0 fully saturated rings. The Kier molecular flexibility index (Phi) is 31.0. The first kappa shape index (κ1) is 34.5. The van der Waals surface area contributed by atoms with Crippen LogP contribution in [0.2, 0.25) is 0 Å². The van der Waals surface area contributed by atoms with E-state index in [1.54, 1.807) is 0 Å². The second kappa shape index (κ2) is 31.5. The van der Waals surface area contributed by atoms with Crippen molar-refractivity contribution in [2.75, 3.05) is 13.1 Å². The van der Waals surface area contributed by atoms with Crippen molar-refractivity contribution in [1.29, 1.82) is 0 Å². The van der Waals surface area contributed by atoms with Crippen molar-refractivity contribution in [2.24, 2.45) is 0 Å². The highest BCUT2D eigenvalue weighted by Gasteiger charge is 2.02. The van der Waals surface area contributed by atoms with Gasteiger partial charge in [-0.3, -0.25) is 4.79 Å². The largest absolute Gasteiger partial charge is 0.345 e. The van der Waals surface area contributed by atoms with Gasteiger partial charge in [-0.2, -0.15) is 0 Å². The van der Waals surface area contributed by atoms with Gasteiger partial charge in [0.2, 0.25) is 6.41 Å². The Labute approximate surface area is 222 Å². The van der Waals surface area contributed by atoms with Crippen molar-refractivity contribution in [3.8, 4) is 0 Å². The SMILES string of the molecule is CCCCCCCCCCCCCCCCCCCCN(C=O)CCCCCCCCCCCC. The van der Waals surface area contributed by atoms with E-state index in [9.17, 15) is 4.79 Å². The predicted octanol–water partition coefficient (Wildman–Crippen LogP) is 11.4. The molecule has 0 N–H and O–H groups in total. The Hall–Kier alpha value is -0.530. The molecule has 0 atom stereocenters. The number of rotatable bonds is 31. The second-order valence-corrected chi connectivity index (χ2v) is 11.3. The molecule has 0 saturated heterocycles. The molecule has 0 bridgehead atoms. The summed E-state index contributed by atoms with van der Waals surface area (Å²) in [4.78, 5) is 13.4. The van der Waals surface area contributed by atoms with E-state index in [1.165, 1.54) is 180 Å². The van der Waals surface area contributed by atoms with E-state index in [2.05, 4.69) is 13.8 Å². The monoisotopic (exact) mass is 494 g/mol. The molecule has 0 aliphatic rings. The number of carbonyl (C=O) groups excluding carboxylic acids is 1. The summed E-state index contributed by atoms with van der Waals surface area (Å²) in [6.45, 7) is 6.52. The third-order valence-corrected chi connectivity index (χ3v) is 7.75. The summed E-state index contributed by atoms with van der Waals surface area (Å²) in [5.74, 6) is 0. The van der Waals surface area contributed by atoms with Crippen molar-refractivity contribution in [2.45, 2.75) is 194 Å². The highest BCUT2D eigenvalue weighted by molar-refractivity contribution is 5.46. The fraction of sp³-hybridized carbons (Fsp3) is 0.970. The molecule has 0 rings (SSSR count). The number of carbonyl (C=O) groups is 1. The first-order valence-electron chi connectivity index (χ1n) is 16.5. The molecule has 0 unspecified atom stereocenters. The van der Waals surface area contributed by atoms with Crippen molar-refractivity contribution in [1.82, 2.24) is 4.90 Å². The highest BCUT2D eigenvalue weighted by atomic mass is 16.1. The van der Waals surface area contributed by atoms with Gasteiger partial charge in [-0.05, 0) is 12.8 Å². The van der Waals surface area contributed by atoms with Gasteiger partial charge in [0.05, 0.1) is 0 Å². The van der Waals surface area contributed by atoms with Gasteiger partial charge in [-0.1, -0.05) is 181 Å². The normalized spacial score (nSPS) is 11.3. The maximum absolute atomic E-state index is 11.3. The van der Waals surface area contributed by atoms with Gasteiger partial charge >= 0.3 is 0 Å². The minimum Gasteiger partial charge on any atom is -0.345 e. The topological polar surface area (TPSA) is 20.3 Å². The molecule has 2 heteroatoms. The van der Waals surface area contributed by atoms with E-state index >= 15 is 0 Å². The molecule has 210 valence electrons. The summed E-state index contributed by atoms with van der Waals surface area (Å²) < 4.78 is 0. The molecule has 2 nitrogen and oxygen atoms in total. The summed E-state index contributed by atoms with van der Waals surface area (Å²) in [5, 5.41) is 0. The lowest BCUT2D eigenvalue weighted by Gasteiger charge is -2.17. The molecule has 0 heterocycles. The Morgan fingerprint density at radius 3 is 0.743 bits per heavy atom. The van der Waals surface area contributed by atoms with Gasteiger partial charge in [0.1, 0.15) is 0 Å². The zero-order valence-electron chi connectivity index (χ0n) is 24.6. The average molecular weight is 494 g/mol. The molecule has 0 saturated carbocycles. The van der Waals surface area contributed by atoms with Gasteiger partial charge in [-0.15, -0.1) is 0 Å². The summed E-state index contributed by atoms with van der Waals surface area (Å²) in [5.41, 5.74) is 0. The van der Waals surface area contributed by atoms with Gasteiger partial charge in [0.25, 0.3) is 0 Å². The van der Waals surface area contributed by atoms with E-state index in [0.29, 0.717) is 0 Å². The minimum atomic E-state index is 0.971. The molecule has 0 aliphatic heterocycles. The van der Waals surface area contributed by atoms with Gasteiger partial charge in [0.15, 0.2) is 0 Å². The third-order valence-electron chi connectivity index (χ3n) is 7.75. The van der Waals surface area contributed by atoms with Crippen LogP contribution in [0.3, 0.4) is 0 Å². The minimum absolute atomic E-state index is 0.971. The van der Waals surface area contributed by atoms with Gasteiger partial charge in [0, 0.05) is 13.1 Å². The van der Waals surface area contributed by atoms with E-state index in [-0.39, 0.29) is 0 Å². The summed E-state index contributed by atoms with van der Waals surface area (Å²) in [6.07, 6.45) is 40.1. The van der Waals surface area contributed by atoms with Crippen LogP contribution in [0, 0.1) is 0 Å². The first-order chi connectivity index (χ1) is 17.3. The van der Waals surface area contributed by atoms with Crippen LogP contribution in [0.5, 0.6) is 0 Å². The Morgan fingerprint density at radius 2 is 0.543 bits per heavy atom. The van der Waals surface area contributed by atoms with Crippen molar-refractivity contribution < 1.29 is 4.79 Å². The predicted molar refractivity (Wildman–Crippen MR) is 158 cm³/mol. The first-order valence-corrected chi connectivity index (χ1v) is 16.5.